The maximum Gasteiger partial charge on any atom is 0.407 e. The molecule has 0 atom stereocenters. The van der Waals surface area contributed by atoms with Crippen LogP contribution in [0, 0.1) is 0 Å². The molecule has 1 aliphatic carbocycles. The Morgan fingerprint density at radius 3 is 2.12 bits per heavy atom. The summed E-state index contributed by atoms with van der Waals surface area (Å²) in [7, 11) is 1.64. The number of amides is 2. The van der Waals surface area contributed by atoms with E-state index in [1.54, 1.807) is 7.05 Å². The van der Waals surface area contributed by atoms with Gasteiger partial charge in [-0.15, -0.1) is 0 Å². The fourth-order valence-corrected chi connectivity index (χ4v) is 4.35. The first-order chi connectivity index (χ1) is 16.5. The minimum absolute atomic E-state index is 0.0156. The van der Waals surface area contributed by atoms with Gasteiger partial charge in [0.15, 0.2) is 0 Å². The molecule has 2 N–H and O–H groups in total. The monoisotopic (exact) mass is 466 g/mol. The van der Waals surface area contributed by atoms with Crippen molar-refractivity contribution in [2.45, 2.75) is 50.9 Å². The van der Waals surface area contributed by atoms with Crippen molar-refractivity contribution in [2.75, 3.05) is 26.7 Å². The highest BCUT2D eigenvalue weighted by molar-refractivity contribution is 5.79. The average molecular weight is 467 g/mol. The number of unbranched alkanes of at least 4 members (excludes halogenated alkanes) is 4. The minimum atomic E-state index is -0.897. The van der Waals surface area contributed by atoms with Gasteiger partial charge in [0.2, 0.25) is 5.91 Å². The molecule has 7 heteroatoms. The standard InChI is InChI=1S/C27H34N2O5/c1-29(18-16-26(31)32)25(30)15-5-3-2-4-10-17-28-27(33)34-19-24-22-13-8-6-11-20(22)21-12-7-9-14-23(21)24/h6-9,11-14,24H,2-5,10,15-19H2,1H3,(H,28,33)(H,31,32). The van der Waals surface area contributed by atoms with Gasteiger partial charge in [-0.25, -0.2) is 4.79 Å². The van der Waals surface area contributed by atoms with Gasteiger partial charge in [-0.2, -0.15) is 0 Å². The van der Waals surface area contributed by atoms with Crippen LogP contribution in [0.4, 0.5) is 4.79 Å². The van der Waals surface area contributed by atoms with Gasteiger partial charge in [0.1, 0.15) is 6.61 Å². The number of carboxylic acid groups (broad SMARTS) is 1. The summed E-state index contributed by atoms with van der Waals surface area (Å²) in [6.45, 7) is 1.12. The number of benzene rings is 2. The second-order valence-corrected chi connectivity index (χ2v) is 8.73. The number of nitrogens with one attached hydrogen (secondary N) is 1. The Hall–Kier alpha value is -3.35. The Balaban J connectivity index is 1.26. The van der Waals surface area contributed by atoms with Gasteiger partial charge in [-0.1, -0.05) is 67.8 Å². The number of alkyl carbamates (subject to hydrolysis) is 1. The number of rotatable bonds is 13. The van der Waals surface area contributed by atoms with Crippen molar-refractivity contribution in [3.8, 4) is 11.1 Å². The van der Waals surface area contributed by atoms with Crippen LogP contribution in [0.25, 0.3) is 11.1 Å². The van der Waals surface area contributed by atoms with E-state index in [1.165, 1.54) is 27.2 Å². The smallest absolute Gasteiger partial charge is 0.407 e. The number of ether oxygens (including phenoxy) is 1. The van der Waals surface area contributed by atoms with E-state index in [0.29, 0.717) is 19.6 Å². The van der Waals surface area contributed by atoms with Gasteiger partial charge >= 0.3 is 12.1 Å². The van der Waals surface area contributed by atoms with Gasteiger partial charge in [0.25, 0.3) is 0 Å². The van der Waals surface area contributed by atoms with Crippen molar-refractivity contribution in [1.29, 1.82) is 0 Å². The lowest BCUT2D eigenvalue weighted by atomic mass is 9.98. The van der Waals surface area contributed by atoms with Crippen LogP contribution in [0.3, 0.4) is 0 Å². The summed E-state index contributed by atoms with van der Waals surface area (Å²) in [6.07, 6.45) is 4.55. The quantitative estimate of drug-likeness (QED) is 0.414. The summed E-state index contributed by atoms with van der Waals surface area (Å²) in [6, 6.07) is 16.5. The number of carbonyl (C=O) groups excluding carboxylic acids is 2. The van der Waals surface area contributed by atoms with E-state index in [0.717, 1.165) is 32.1 Å². The summed E-state index contributed by atoms with van der Waals surface area (Å²) >= 11 is 0. The first-order valence-electron chi connectivity index (χ1n) is 12.0. The van der Waals surface area contributed by atoms with E-state index < -0.39 is 12.1 Å². The maximum absolute atomic E-state index is 12.2. The molecule has 0 saturated heterocycles. The lowest BCUT2D eigenvalue weighted by Gasteiger charge is -2.15. The highest BCUT2D eigenvalue weighted by atomic mass is 16.5. The summed E-state index contributed by atoms with van der Waals surface area (Å²) < 4.78 is 5.54. The third kappa shape index (κ3) is 7.07. The van der Waals surface area contributed by atoms with Crippen LogP contribution in [-0.4, -0.2) is 54.7 Å². The Labute approximate surface area is 201 Å². The van der Waals surface area contributed by atoms with Gasteiger partial charge in [0, 0.05) is 32.5 Å². The van der Waals surface area contributed by atoms with Crippen LogP contribution >= 0.6 is 0 Å². The molecule has 2 aromatic rings. The summed E-state index contributed by atoms with van der Waals surface area (Å²) in [5.41, 5.74) is 4.81. The van der Waals surface area contributed by atoms with E-state index in [4.69, 9.17) is 9.84 Å². The second kappa shape index (κ2) is 12.8. The largest absolute Gasteiger partial charge is 0.481 e. The number of carbonyl (C=O) groups is 3. The molecule has 0 saturated carbocycles. The molecule has 0 heterocycles. The summed E-state index contributed by atoms with van der Waals surface area (Å²) in [5.74, 6) is -0.853. The SMILES string of the molecule is CN(CCC(=O)O)C(=O)CCCCCCCNC(=O)OCC1c2ccccc2-c2ccccc21. The first-order valence-corrected chi connectivity index (χ1v) is 12.0. The second-order valence-electron chi connectivity index (χ2n) is 8.73. The maximum atomic E-state index is 12.2. The van der Waals surface area contributed by atoms with E-state index in [2.05, 4.69) is 29.6 Å². The molecule has 0 fully saturated rings. The van der Waals surface area contributed by atoms with Gasteiger partial charge < -0.3 is 20.1 Å². The van der Waals surface area contributed by atoms with Crippen molar-refractivity contribution in [1.82, 2.24) is 10.2 Å². The van der Waals surface area contributed by atoms with Gasteiger partial charge in [-0.3, -0.25) is 9.59 Å². The number of hydrogen-bond acceptors (Lipinski definition) is 4. The molecule has 0 radical (unpaired) electrons. The fraction of sp³-hybridized carbons (Fsp3) is 0.444. The van der Waals surface area contributed by atoms with E-state index in [1.807, 2.05) is 24.3 Å². The first kappa shape index (κ1) is 25.3. The van der Waals surface area contributed by atoms with Crippen molar-refractivity contribution < 1.29 is 24.2 Å². The Bertz CT molecular complexity index is 945. The van der Waals surface area contributed by atoms with Gasteiger partial charge in [-0.05, 0) is 35.1 Å². The van der Waals surface area contributed by atoms with Crippen LogP contribution in [0.15, 0.2) is 48.5 Å². The number of fused-ring (bicyclic) bond motifs is 3. The van der Waals surface area contributed by atoms with Crippen LogP contribution in [-0.2, 0) is 14.3 Å². The molecule has 2 aromatic carbocycles. The molecule has 2 amide bonds. The molecule has 0 spiro atoms. The molecule has 0 unspecified atom stereocenters. The topological polar surface area (TPSA) is 95.9 Å². The predicted molar refractivity (Wildman–Crippen MR) is 131 cm³/mol. The third-order valence-corrected chi connectivity index (χ3v) is 6.27. The Morgan fingerprint density at radius 2 is 1.47 bits per heavy atom. The van der Waals surface area contributed by atoms with Crippen molar-refractivity contribution in [3.05, 3.63) is 59.7 Å². The normalized spacial score (nSPS) is 12.0. The summed E-state index contributed by atoms with van der Waals surface area (Å²) in [5, 5.41) is 11.5. The Morgan fingerprint density at radius 1 is 0.882 bits per heavy atom. The average Bonchev–Trinajstić information content (AvgIpc) is 3.16. The molecular formula is C27H34N2O5. The lowest BCUT2D eigenvalue weighted by Crippen LogP contribution is -2.28. The molecule has 0 bridgehead atoms. The molecule has 182 valence electrons. The summed E-state index contributed by atoms with van der Waals surface area (Å²) in [4.78, 5) is 36.2. The molecule has 1 aliphatic rings. The molecule has 0 aromatic heterocycles. The highest BCUT2D eigenvalue weighted by Gasteiger charge is 2.28. The number of hydrogen-bond donors (Lipinski definition) is 2. The zero-order chi connectivity index (χ0) is 24.3. The third-order valence-electron chi connectivity index (χ3n) is 6.27. The van der Waals surface area contributed by atoms with Crippen molar-refractivity contribution >= 4 is 18.0 Å². The molecule has 7 nitrogen and oxygen atoms in total. The minimum Gasteiger partial charge on any atom is -0.481 e. The van der Waals surface area contributed by atoms with E-state index in [9.17, 15) is 14.4 Å². The zero-order valence-corrected chi connectivity index (χ0v) is 19.8. The number of aliphatic carboxylic acids is 1. The lowest BCUT2D eigenvalue weighted by molar-refractivity contribution is -0.138. The van der Waals surface area contributed by atoms with Crippen molar-refractivity contribution in [3.63, 3.8) is 0 Å². The van der Waals surface area contributed by atoms with Crippen LogP contribution in [0.1, 0.15) is 62.0 Å². The fourth-order valence-electron chi connectivity index (χ4n) is 4.35. The number of nitrogens with zero attached hydrogens (tertiary/aromatic N) is 1. The van der Waals surface area contributed by atoms with Crippen LogP contribution in [0.5, 0.6) is 0 Å². The zero-order valence-electron chi connectivity index (χ0n) is 19.8. The van der Waals surface area contributed by atoms with E-state index >= 15 is 0 Å². The van der Waals surface area contributed by atoms with Crippen LogP contribution < -0.4 is 5.32 Å². The van der Waals surface area contributed by atoms with Gasteiger partial charge in [0.05, 0.1) is 6.42 Å². The number of carboxylic acids is 1. The molecule has 3 rings (SSSR count). The predicted octanol–water partition coefficient (Wildman–Crippen LogP) is 4.80. The Kier molecular flexibility index (Phi) is 9.50. The molecule has 0 aliphatic heterocycles. The van der Waals surface area contributed by atoms with E-state index in [-0.39, 0.29) is 24.8 Å². The van der Waals surface area contributed by atoms with Crippen molar-refractivity contribution in [2.24, 2.45) is 0 Å². The highest BCUT2D eigenvalue weighted by Crippen LogP contribution is 2.44. The van der Waals surface area contributed by atoms with Crippen LogP contribution in [0.2, 0.25) is 0 Å². The molecule has 34 heavy (non-hydrogen) atoms. The molecular weight excluding hydrogens is 432 g/mol.